The maximum Gasteiger partial charge on any atom is 0.408 e. The molecule has 3 aromatic heterocycles. The van der Waals surface area contributed by atoms with E-state index in [9.17, 15) is 14.7 Å². The Morgan fingerprint density at radius 3 is 2.59 bits per heavy atom. The number of benzene rings is 4. The Labute approximate surface area is 339 Å². The number of phenolic OH excluding ortho intramolecular Hbond substituents is 1. The number of alkyl carbamates (subject to hydrolysis) is 1. The van der Waals surface area contributed by atoms with Gasteiger partial charge >= 0.3 is 6.09 Å². The van der Waals surface area contributed by atoms with E-state index in [1.165, 1.54) is 6.07 Å². The molecule has 5 N–H and O–H groups in total. The van der Waals surface area contributed by atoms with E-state index in [1.54, 1.807) is 18.2 Å². The van der Waals surface area contributed by atoms with Gasteiger partial charge in [0.2, 0.25) is 17.7 Å². The average molecular weight is 816 g/mol. The number of phenols is 1. The summed E-state index contributed by atoms with van der Waals surface area (Å²) < 4.78 is 18.8. The van der Waals surface area contributed by atoms with Gasteiger partial charge in [0, 0.05) is 34.0 Å². The van der Waals surface area contributed by atoms with Gasteiger partial charge in [-0.2, -0.15) is 4.98 Å². The van der Waals surface area contributed by atoms with Crippen LogP contribution in [-0.4, -0.2) is 44.0 Å². The number of hydrogen-bond acceptors (Lipinski definition) is 9. The molecule has 0 radical (unpaired) electrons. The maximum absolute atomic E-state index is 15.2. The Kier molecular flexibility index (Phi) is 8.18. The van der Waals surface area contributed by atoms with Gasteiger partial charge in [0.1, 0.15) is 29.6 Å². The molecule has 13 nitrogen and oxygen atoms in total. The third-order valence-corrected chi connectivity index (χ3v) is 11.6. The van der Waals surface area contributed by atoms with Crippen molar-refractivity contribution >= 4 is 57.7 Å². The van der Waals surface area contributed by atoms with Crippen LogP contribution >= 0.6 is 23.2 Å². The van der Waals surface area contributed by atoms with Gasteiger partial charge in [0.25, 0.3) is 5.89 Å². The minimum atomic E-state index is -1.90. The predicted molar refractivity (Wildman–Crippen MR) is 214 cm³/mol. The van der Waals surface area contributed by atoms with Crippen molar-refractivity contribution in [3.05, 3.63) is 129 Å². The number of rotatable bonds is 4. The molecule has 3 aliphatic rings. The van der Waals surface area contributed by atoms with Crippen molar-refractivity contribution in [3.8, 4) is 39.8 Å². The summed E-state index contributed by atoms with van der Waals surface area (Å²) in [6, 6.07) is 23.0. The van der Waals surface area contributed by atoms with E-state index in [-0.39, 0.29) is 69.6 Å². The molecule has 58 heavy (non-hydrogen) atoms. The molecule has 290 valence electrons. The summed E-state index contributed by atoms with van der Waals surface area (Å²) in [6.07, 6.45) is -0.848. The molecule has 10 bridgehead atoms. The van der Waals surface area contributed by atoms with E-state index >= 15 is 4.79 Å². The molecule has 0 saturated heterocycles. The van der Waals surface area contributed by atoms with Crippen LogP contribution in [0.15, 0.2) is 93.8 Å². The van der Waals surface area contributed by atoms with E-state index in [4.69, 9.17) is 41.8 Å². The van der Waals surface area contributed by atoms with Crippen LogP contribution in [0.4, 0.5) is 10.5 Å². The Morgan fingerprint density at radius 1 is 0.983 bits per heavy atom. The van der Waals surface area contributed by atoms with Crippen molar-refractivity contribution in [1.82, 2.24) is 25.6 Å². The summed E-state index contributed by atoms with van der Waals surface area (Å²) in [7, 11) is 0. The van der Waals surface area contributed by atoms with Crippen molar-refractivity contribution in [3.63, 3.8) is 0 Å². The molecular formula is C43H32Cl2N6O7. The van der Waals surface area contributed by atoms with E-state index in [2.05, 4.69) is 25.9 Å². The zero-order valence-electron chi connectivity index (χ0n) is 30.8. The number of H-pyrrole nitrogens is 1. The van der Waals surface area contributed by atoms with Gasteiger partial charge < -0.3 is 39.6 Å². The Bertz CT molecular complexity index is 2860. The number of nitrogens with one attached hydrogen (secondary N) is 4. The highest BCUT2D eigenvalue weighted by Gasteiger charge is 2.57. The standard InChI is InChI=1S/C43H32Cl2N6O7/c1-19(2)31-39-49-33-35(58-39)43(25-16-21(14-15-28(25)52)17-27(38(53)48-31)47-42(55)56-18-20-8-4-3-5-9-20)24-12-6-11-23(32(24)50-41(43)54)22-10-7-13-26-29(22)30(36(44)46-26)34-37(45)51-40(33)57-34/h3-16,19,27,31,46,52H,17-18H2,1-2H3,(H,47,55)(H,48,53)(H,50,54)/t27-,31+,43-/m0/s1. The zero-order chi connectivity index (χ0) is 40.0. The number of aromatic nitrogens is 3. The molecular weight excluding hydrogens is 783 g/mol. The van der Waals surface area contributed by atoms with Gasteiger partial charge in [-0.1, -0.05) is 110 Å². The van der Waals surface area contributed by atoms with Gasteiger partial charge in [-0.3, -0.25) is 9.59 Å². The van der Waals surface area contributed by atoms with Crippen LogP contribution in [0.3, 0.4) is 0 Å². The molecule has 0 aliphatic carbocycles. The minimum absolute atomic E-state index is 0.0106. The number of fused-ring (bicyclic) bond motifs is 8. The first-order chi connectivity index (χ1) is 28.0. The van der Waals surface area contributed by atoms with E-state index in [0.717, 1.165) is 5.56 Å². The molecule has 4 aromatic carbocycles. The second-order valence-corrected chi connectivity index (χ2v) is 15.6. The summed E-state index contributed by atoms with van der Waals surface area (Å²) in [5.41, 5.74) is 2.94. The first kappa shape index (κ1) is 35.8. The fourth-order valence-corrected chi connectivity index (χ4v) is 8.87. The topological polar surface area (TPSA) is 185 Å². The number of aromatic amines is 1. The number of ether oxygens (including phenoxy) is 1. The zero-order valence-corrected chi connectivity index (χ0v) is 32.3. The van der Waals surface area contributed by atoms with E-state index < -0.39 is 35.4 Å². The highest BCUT2D eigenvalue weighted by atomic mass is 35.5. The van der Waals surface area contributed by atoms with Crippen molar-refractivity contribution < 1.29 is 33.1 Å². The highest BCUT2D eigenvalue weighted by molar-refractivity contribution is 6.37. The highest BCUT2D eigenvalue weighted by Crippen LogP contribution is 2.57. The maximum atomic E-state index is 15.2. The summed E-state index contributed by atoms with van der Waals surface area (Å²) in [6.45, 7) is 3.71. The smallest absolute Gasteiger partial charge is 0.408 e. The number of carbonyl (C=O) groups is 3. The quantitative estimate of drug-likeness (QED) is 0.116. The fourth-order valence-electron chi connectivity index (χ4n) is 8.38. The monoisotopic (exact) mass is 814 g/mol. The third kappa shape index (κ3) is 5.33. The number of oxazole rings is 2. The van der Waals surface area contributed by atoms with Crippen molar-refractivity contribution in [1.29, 1.82) is 0 Å². The Morgan fingerprint density at radius 2 is 1.78 bits per heavy atom. The molecule has 1 spiro atoms. The van der Waals surface area contributed by atoms with Gasteiger partial charge in [0.15, 0.2) is 27.8 Å². The van der Waals surface area contributed by atoms with Crippen LogP contribution in [-0.2, 0) is 32.8 Å². The van der Waals surface area contributed by atoms with Gasteiger partial charge in [-0.05, 0) is 34.7 Å². The van der Waals surface area contributed by atoms with Gasteiger partial charge in [-0.25, -0.2) is 9.78 Å². The van der Waals surface area contributed by atoms with Crippen molar-refractivity contribution in [2.45, 2.75) is 44.4 Å². The van der Waals surface area contributed by atoms with Crippen LogP contribution in [0.25, 0.3) is 44.9 Å². The number of halogens is 2. The first-order valence-electron chi connectivity index (χ1n) is 18.6. The molecule has 7 aromatic rings. The molecule has 0 fully saturated rings. The molecule has 15 heteroatoms. The second kappa shape index (κ2) is 13.3. The summed E-state index contributed by atoms with van der Waals surface area (Å²) in [4.78, 5) is 55.5. The summed E-state index contributed by atoms with van der Waals surface area (Å²) in [5.74, 6) is -1.62. The Hall–Kier alpha value is -6.57. The Balaban J connectivity index is 1.23. The van der Waals surface area contributed by atoms with Crippen molar-refractivity contribution in [2.24, 2.45) is 5.92 Å². The largest absolute Gasteiger partial charge is 0.508 e. The van der Waals surface area contributed by atoms with E-state index in [1.807, 2.05) is 74.5 Å². The number of anilines is 1. The SMILES string of the molecule is CC(C)[C@H]1NC(=O)[C@@H](NC(=O)OCc2ccccc2)Cc2ccc(O)c(c2)[C@@]23C(=O)Nc4c(cccc42)-c2cccc4[nH]c(Cl)c(c24)-c2oc(nc2Cl)-c2nc1oc23. The molecule has 6 heterocycles. The average Bonchev–Trinajstić information content (AvgIpc) is 3.97. The molecule has 10 rings (SSSR count). The van der Waals surface area contributed by atoms with Gasteiger partial charge in [-0.15, -0.1) is 0 Å². The van der Waals surface area contributed by atoms with Crippen LogP contribution in [0.1, 0.15) is 53.8 Å². The lowest BCUT2D eigenvalue weighted by Crippen LogP contribution is -2.49. The summed E-state index contributed by atoms with van der Waals surface area (Å²) in [5, 5.41) is 21.7. The molecule has 0 unspecified atom stereocenters. The number of aromatic hydroxyl groups is 1. The fraction of sp³-hybridized carbons (Fsp3) is 0.186. The molecule has 3 amide bonds. The third-order valence-electron chi connectivity index (χ3n) is 11.1. The van der Waals surface area contributed by atoms with Crippen LogP contribution in [0.2, 0.25) is 10.3 Å². The van der Waals surface area contributed by atoms with E-state index in [0.29, 0.717) is 44.4 Å². The number of amides is 3. The van der Waals surface area contributed by atoms with Crippen LogP contribution < -0.4 is 16.0 Å². The number of para-hydroxylation sites is 1. The lowest BCUT2D eigenvalue weighted by atomic mass is 9.71. The second-order valence-electron chi connectivity index (χ2n) is 14.9. The summed E-state index contributed by atoms with van der Waals surface area (Å²) >= 11 is 13.8. The number of carbonyl (C=O) groups excluding carboxylic acids is 3. The molecule has 3 aliphatic heterocycles. The lowest BCUT2D eigenvalue weighted by Gasteiger charge is -2.29. The number of nitrogens with zero attached hydrogens (tertiary/aromatic N) is 2. The predicted octanol–water partition coefficient (Wildman–Crippen LogP) is 8.42. The normalized spacial score (nSPS) is 19.1. The first-order valence-corrected chi connectivity index (χ1v) is 19.3. The van der Waals surface area contributed by atoms with Crippen molar-refractivity contribution in [2.75, 3.05) is 5.32 Å². The molecule has 0 saturated carbocycles. The molecule has 3 atom stereocenters. The minimum Gasteiger partial charge on any atom is -0.508 e. The van der Waals surface area contributed by atoms with Gasteiger partial charge in [0.05, 0.1) is 11.3 Å². The van der Waals surface area contributed by atoms with Crippen LogP contribution in [0.5, 0.6) is 5.75 Å². The van der Waals surface area contributed by atoms with Crippen LogP contribution in [0, 0.1) is 5.92 Å². The number of hydrogen-bond donors (Lipinski definition) is 5. The lowest BCUT2D eigenvalue weighted by molar-refractivity contribution is -0.124.